The molecule has 230 valence electrons. The number of nitrogens with one attached hydrogen (secondary N) is 3. The number of carboxylic acid groups (broad SMARTS) is 1. The fraction of sp³-hybridized carbons (Fsp3) is 0.778. The predicted molar refractivity (Wildman–Crippen MR) is 146 cm³/mol. The van der Waals surface area contributed by atoms with Crippen LogP contribution in [-0.2, 0) is 28.8 Å². The van der Waals surface area contributed by atoms with E-state index in [9.17, 15) is 49.2 Å². The van der Waals surface area contributed by atoms with Crippen LogP contribution in [0.15, 0.2) is 0 Å². The Kier molecular flexibility index (Phi) is 14.1. The van der Waals surface area contributed by atoms with Crippen molar-refractivity contribution in [1.82, 2.24) is 16.0 Å². The summed E-state index contributed by atoms with van der Waals surface area (Å²) in [5, 5.41) is 51.3. The van der Waals surface area contributed by atoms with Gasteiger partial charge in [-0.05, 0) is 46.8 Å². The lowest BCUT2D eigenvalue weighted by Gasteiger charge is -2.37. The van der Waals surface area contributed by atoms with Gasteiger partial charge in [0.1, 0.15) is 0 Å². The number of hydrogen-bond donors (Lipinski definition) is 7. The molecule has 8 atom stereocenters. The van der Waals surface area contributed by atoms with Crippen LogP contribution in [-0.4, -0.2) is 111 Å². The molecule has 0 aromatic heterocycles. The van der Waals surface area contributed by atoms with Gasteiger partial charge in [0.2, 0.25) is 11.4 Å². The molecule has 3 unspecified atom stereocenters. The molecule has 13 heteroatoms. The smallest absolute Gasteiger partial charge is 0.344 e. The summed E-state index contributed by atoms with van der Waals surface area (Å²) in [7, 11) is 4.16. The summed E-state index contributed by atoms with van der Waals surface area (Å²) < 4.78 is 0. The van der Waals surface area contributed by atoms with Crippen molar-refractivity contribution in [2.45, 2.75) is 102 Å². The molecule has 40 heavy (non-hydrogen) atoms. The number of hydrogen-bond acceptors (Lipinski definition) is 12. The Morgan fingerprint density at radius 3 is 1.52 bits per heavy atom. The Balaban J connectivity index is 7.02. The van der Waals surface area contributed by atoms with Crippen molar-refractivity contribution in [2.75, 3.05) is 21.1 Å². The van der Waals surface area contributed by atoms with Gasteiger partial charge in [-0.3, -0.25) is 24.0 Å². The van der Waals surface area contributed by atoms with E-state index in [2.05, 4.69) is 16.0 Å². The minimum Gasteiger partial charge on any atom is -0.479 e. The zero-order valence-corrected chi connectivity index (χ0v) is 25.0. The van der Waals surface area contributed by atoms with Crippen LogP contribution in [0.4, 0.5) is 0 Å². The number of Topliss-reactive ketones (excluding diaryl/α,β-unsaturated/α-hetero) is 5. The Hall–Kier alpha value is -2.42. The molecule has 0 spiro atoms. The van der Waals surface area contributed by atoms with Crippen LogP contribution in [0.25, 0.3) is 0 Å². The first kappa shape index (κ1) is 37.6. The molecule has 0 aromatic carbocycles. The lowest BCUT2D eigenvalue weighted by molar-refractivity contribution is -0.181. The quantitative estimate of drug-likeness (QED) is 0.0851. The van der Waals surface area contributed by atoms with Crippen molar-refractivity contribution >= 4 is 34.9 Å². The highest BCUT2D eigenvalue weighted by atomic mass is 16.4. The van der Waals surface area contributed by atoms with E-state index in [0.29, 0.717) is 12.8 Å². The maximum Gasteiger partial charge on any atom is 0.344 e. The molecule has 0 amide bonds. The fourth-order valence-electron chi connectivity index (χ4n) is 4.50. The number of aliphatic hydroxyl groups is 3. The third kappa shape index (κ3) is 7.86. The monoisotopic (exact) mass is 573 g/mol. The Bertz CT molecular complexity index is 968. The maximum atomic E-state index is 13.8. The molecule has 0 rings (SSSR count). The first-order valence-corrected chi connectivity index (χ1v) is 13.4. The van der Waals surface area contributed by atoms with E-state index in [1.165, 1.54) is 28.1 Å². The zero-order valence-electron chi connectivity index (χ0n) is 25.0. The summed E-state index contributed by atoms with van der Waals surface area (Å²) in [6, 6.07) is -3.32. The highest BCUT2D eigenvalue weighted by Gasteiger charge is 2.61. The molecule has 0 fully saturated rings. The summed E-state index contributed by atoms with van der Waals surface area (Å²) >= 11 is 0. The van der Waals surface area contributed by atoms with Crippen molar-refractivity contribution in [3.05, 3.63) is 0 Å². The average molecular weight is 574 g/mol. The molecule has 0 bridgehead atoms. The van der Waals surface area contributed by atoms with E-state index >= 15 is 0 Å². The van der Waals surface area contributed by atoms with E-state index in [1.807, 2.05) is 0 Å². The van der Waals surface area contributed by atoms with Crippen molar-refractivity contribution in [2.24, 2.45) is 11.8 Å². The minimum absolute atomic E-state index is 0.331. The van der Waals surface area contributed by atoms with Crippen molar-refractivity contribution in [3.63, 3.8) is 0 Å². The van der Waals surface area contributed by atoms with Gasteiger partial charge in [0, 0.05) is 0 Å². The second-order valence-electron chi connectivity index (χ2n) is 10.7. The Morgan fingerprint density at radius 2 is 1.15 bits per heavy atom. The minimum atomic E-state index is -3.62. The number of carboxylic acids is 1. The molecule has 0 radical (unpaired) electrons. The van der Waals surface area contributed by atoms with Gasteiger partial charge in [-0.25, -0.2) is 4.79 Å². The molecule has 0 aliphatic heterocycles. The number of ketones is 5. The molecule has 0 heterocycles. The van der Waals surface area contributed by atoms with E-state index in [4.69, 9.17) is 0 Å². The largest absolute Gasteiger partial charge is 0.479 e. The van der Waals surface area contributed by atoms with Crippen LogP contribution >= 0.6 is 0 Å². The predicted octanol–water partition coefficient (Wildman–Crippen LogP) is -1.21. The molecule has 0 saturated carbocycles. The second-order valence-corrected chi connectivity index (χ2v) is 10.7. The Labute approximate surface area is 235 Å². The molecular weight excluding hydrogens is 526 g/mol. The van der Waals surface area contributed by atoms with Gasteiger partial charge in [0.25, 0.3) is 0 Å². The lowest BCUT2D eigenvalue weighted by atomic mass is 9.71. The van der Waals surface area contributed by atoms with Gasteiger partial charge >= 0.3 is 5.97 Å². The van der Waals surface area contributed by atoms with Crippen LogP contribution in [0.1, 0.15) is 67.2 Å². The number of rotatable bonds is 20. The number of carbonyl (C=O) groups excluding carboxylic acids is 5. The molecule has 0 aliphatic carbocycles. The average Bonchev–Trinajstić information content (AvgIpc) is 2.91. The molecule has 0 aromatic rings. The summed E-state index contributed by atoms with van der Waals surface area (Å²) in [4.78, 5) is 78.7. The standard InChI is InChI=1S/C27H47N3O10/c1-10-14(3)19(29-8)17(31)12-27(40,24(36)37)23(35)26(39,22(34)20(30-9)15(4)11-2)13-18(32)25(6,38)21(33)16(5)28-7/h14-16,19-20,28-30,38-40H,10-13H2,1-9H3,(H,36,37)/t14-,15-,16+,19+,20+,25?,26?,27?/m1/s1. The van der Waals surface area contributed by atoms with Crippen LogP contribution in [0, 0.1) is 11.8 Å². The van der Waals surface area contributed by atoms with E-state index < -0.39 is 88.6 Å². The van der Waals surface area contributed by atoms with Gasteiger partial charge in [0.15, 0.2) is 34.3 Å². The van der Waals surface area contributed by atoms with Crippen LogP contribution < -0.4 is 16.0 Å². The van der Waals surface area contributed by atoms with Crippen molar-refractivity contribution in [1.29, 1.82) is 0 Å². The van der Waals surface area contributed by atoms with Crippen LogP contribution in [0.5, 0.6) is 0 Å². The number of likely N-dealkylation sites (N-methyl/N-ethyl adjacent to an activating group) is 3. The first-order chi connectivity index (χ1) is 18.3. The topological polar surface area (TPSA) is 219 Å². The maximum absolute atomic E-state index is 13.8. The fourth-order valence-corrected chi connectivity index (χ4v) is 4.50. The normalized spacial score (nSPS) is 20.0. The summed E-state index contributed by atoms with van der Waals surface area (Å²) in [6.45, 7) is 8.92. The first-order valence-electron chi connectivity index (χ1n) is 13.4. The van der Waals surface area contributed by atoms with E-state index in [0.717, 1.165) is 6.92 Å². The molecule has 0 aliphatic rings. The third-order valence-corrected chi connectivity index (χ3v) is 7.89. The molecular formula is C27H47N3O10. The third-order valence-electron chi connectivity index (χ3n) is 7.89. The summed E-state index contributed by atoms with van der Waals surface area (Å²) in [5.41, 5.74) is -9.94. The van der Waals surface area contributed by atoms with Gasteiger partial charge in [-0.15, -0.1) is 0 Å². The SMILES string of the molecule is CC[C@@H](C)[C@H](NC)C(=O)CC(O)(C(=O)O)C(=O)C(O)(CC(=O)C(C)(O)C(=O)[C@H](C)NC)C(=O)[C@@H](NC)[C@H](C)CC. The van der Waals surface area contributed by atoms with Gasteiger partial charge < -0.3 is 36.4 Å². The van der Waals surface area contributed by atoms with Crippen molar-refractivity contribution < 1.29 is 49.2 Å². The van der Waals surface area contributed by atoms with E-state index in [-0.39, 0.29) is 5.92 Å². The van der Waals surface area contributed by atoms with Crippen molar-refractivity contribution in [3.8, 4) is 0 Å². The van der Waals surface area contributed by atoms with Crippen LogP contribution in [0.2, 0.25) is 0 Å². The second kappa shape index (κ2) is 15.0. The summed E-state index contributed by atoms with van der Waals surface area (Å²) in [5.74, 6) is -9.86. The number of aliphatic carboxylic acids is 1. The zero-order chi connectivity index (χ0) is 31.8. The highest BCUT2D eigenvalue weighted by Crippen LogP contribution is 2.31. The van der Waals surface area contributed by atoms with Gasteiger partial charge in [-0.1, -0.05) is 40.5 Å². The Morgan fingerprint density at radius 1 is 0.700 bits per heavy atom. The van der Waals surface area contributed by atoms with Gasteiger partial charge in [0.05, 0.1) is 31.0 Å². The van der Waals surface area contributed by atoms with E-state index in [1.54, 1.807) is 27.7 Å². The molecule has 0 saturated heterocycles. The molecule has 13 nitrogen and oxygen atoms in total. The number of carbonyl (C=O) groups is 6. The highest BCUT2D eigenvalue weighted by molar-refractivity contribution is 6.25. The molecule has 7 N–H and O–H groups in total. The van der Waals surface area contributed by atoms with Gasteiger partial charge in [-0.2, -0.15) is 0 Å². The van der Waals surface area contributed by atoms with Crippen LogP contribution in [0.3, 0.4) is 0 Å². The lowest BCUT2D eigenvalue weighted by Crippen LogP contribution is -2.67. The summed E-state index contributed by atoms with van der Waals surface area (Å²) in [6.07, 6.45) is -2.01.